The van der Waals surface area contributed by atoms with Gasteiger partial charge in [0.15, 0.2) is 5.82 Å². The maximum absolute atomic E-state index is 5.18. The van der Waals surface area contributed by atoms with Crippen molar-refractivity contribution < 1.29 is 0 Å². The van der Waals surface area contributed by atoms with Crippen LogP contribution in [0.2, 0.25) is 0 Å². The van der Waals surface area contributed by atoms with Crippen LogP contribution >= 0.6 is 0 Å². The Morgan fingerprint density at radius 1 is 0.246 bits per heavy atom. The molecule has 302 valence electrons. The molecule has 0 N–H and O–H groups in total. The molecule has 0 fully saturated rings. The third-order valence-corrected chi connectivity index (χ3v) is 13.7. The molecule has 1 aromatic heterocycles. The molecule has 2 heteroatoms. The number of hydrogen-bond acceptors (Lipinski definition) is 2. The highest BCUT2D eigenvalue weighted by Gasteiger charge is 2.51. The van der Waals surface area contributed by atoms with Crippen molar-refractivity contribution in [2.24, 2.45) is 0 Å². The van der Waals surface area contributed by atoms with Crippen molar-refractivity contribution in [2.45, 2.75) is 5.41 Å². The molecule has 0 radical (unpaired) electrons. The van der Waals surface area contributed by atoms with Crippen LogP contribution in [0.5, 0.6) is 0 Å². The first-order valence-electron chi connectivity index (χ1n) is 22.4. The van der Waals surface area contributed by atoms with E-state index in [1.165, 1.54) is 77.5 Å². The molecule has 1 heterocycles. The first-order valence-corrected chi connectivity index (χ1v) is 22.4. The fourth-order valence-corrected chi connectivity index (χ4v) is 10.9. The van der Waals surface area contributed by atoms with Gasteiger partial charge in [0.2, 0.25) is 0 Å². The summed E-state index contributed by atoms with van der Waals surface area (Å²) in [6.07, 6.45) is 0. The van der Waals surface area contributed by atoms with Gasteiger partial charge < -0.3 is 0 Å². The Morgan fingerprint density at radius 3 is 1.38 bits per heavy atom. The molecule has 2 aliphatic carbocycles. The Labute approximate surface area is 378 Å². The smallest absolute Gasteiger partial charge is 0.160 e. The molecule has 0 saturated heterocycles. The highest BCUT2D eigenvalue weighted by atomic mass is 14.9. The van der Waals surface area contributed by atoms with Gasteiger partial charge in [0.05, 0.1) is 16.8 Å². The quantitative estimate of drug-likeness (QED) is 0.167. The highest BCUT2D eigenvalue weighted by molar-refractivity contribution is 6.04. The fourth-order valence-electron chi connectivity index (χ4n) is 10.9. The van der Waals surface area contributed by atoms with Crippen LogP contribution in [0.1, 0.15) is 22.3 Å². The average molecular weight is 825 g/mol. The van der Waals surface area contributed by atoms with Crippen molar-refractivity contribution in [3.05, 3.63) is 265 Å². The standard InChI is InChI=1S/C63H40N2/c1-3-19-42(20-4-1)60-40-61(65-62(64-60)43-21-5-2-6-22-43)47-27-16-25-45(37-47)44-24-15-26-46(36-44)53-39-59-55(38-54(53)49-32-17-23-41-18-7-8-28-48(41)49)52-31-11-14-35-58(52)63(59)56-33-12-9-29-50(56)51-30-10-13-34-57(51)63/h1-40H. The van der Waals surface area contributed by atoms with Crippen molar-refractivity contribution in [3.63, 3.8) is 0 Å². The van der Waals surface area contributed by atoms with E-state index in [0.717, 1.165) is 39.2 Å². The summed E-state index contributed by atoms with van der Waals surface area (Å²) < 4.78 is 0. The van der Waals surface area contributed by atoms with E-state index in [9.17, 15) is 0 Å². The summed E-state index contributed by atoms with van der Waals surface area (Å²) >= 11 is 0. The summed E-state index contributed by atoms with van der Waals surface area (Å²) in [5, 5.41) is 2.47. The van der Waals surface area contributed by atoms with Crippen LogP contribution in [0.15, 0.2) is 243 Å². The lowest BCUT2D eigenvalue weighted by atomic mass is 9.70. The highest BCUT2D eigenvalue weighted by Crippen LogP contribution is 2.64. The lowest BCUT2D eigenvalue weighted by molar-refractivity contribution is 0.794. The third-order valence-electron chi connectivity index (χ3n) is 13.7. The number of aromatic nitrogens is 2. The number of hydrogen-bond donors (Lipinski definition) is 0. The molecule has 1 spiro atoms. The van der Waals surface area contributed by atoms with Gasteiger partial charge in [0, 0.05) is 16.7 Å². The van der Waals surface area contributed by atoms with Crippen LogP contribution in [0.25, 0.3) is 100 Å². The van der Waals surface area contributed by atoms with Gasteiger partial charge in [-0.05, 0) is 119 Å². The maximum Gasteiger partial charge on any atom is 0.160 e. The summed E-state index contributed by atoms with van der Waals surface area (Å²) in [6, 6.07) is 88.4. The van der Waals surface area contributed by atoms with Crippen molar-refractivity contribution in [2.75, 3.05) is 0 Å². The maximum atomic E-state index is 5.18. The van der Waals surface area contributed by atoms with Crippen LogP contribution in [0, 0.1) is 0 Å². The van der Waals surface area contributed by atoms with Crippen LogP contribution < -0.4 is 0 Å². The normalized spacial score (nSPS) is 12.7. The predicted octanol–water partition coefficient (Wildman–Crippen LogP) is 16.0. The summed E-state index contributed by atoms with van der Waals surface area (Å²) in [6.45, 7) is 0. The van der Waals surface area contributed by atoms with Gasteiger partial charge in [-0.2, -0.15) is 0 Å². The molecule has 0 bridgehead atoms. The van der Waals surface area contributed by atoms with Gasteiger partial charge in [-0.3, -0.25) is 0 Å². The molecule has 65 heavy (non-hydrogen) atoms. The number of rotatable bonds is 6. The van der Waals surface area contributed by atoms with Crippen molar-refractivity contribution >= 4 is 10.8 Å². The average Bonchev–Trinajstić information content (AvgIpc) is 3.85. The zero-order valence-corrected chi connectivity index (χ0v) is 35.5. The molecule has 0 unspecified atom stereocenters. The molecule has 0 amide bonds. The molecule has 2 aliphatic rings. The van der Waals surface area contributed by atoms with Crippen molar-refractivity contribution in [1.82, 2.24) is 9.97 Å². The molecule has 11 aromatic rings. The second-order valence-electron chi connectivity index (χ2n) is 17.2. The zero-order valence-electron chi connectivity index (χ0n) is 35.5. The van der Waals surface area contributed by atoms with E-state index in [1.54, 1.807) is 0 Å². The van der Waals surface area contributed by atoms with E-state index in [2.05, 4.69) is 218 Å². The largest absolute Gasteiger partial charge is 0.228 e. The van der Waals surface area contributed by atoms with E-state index in [-0.39, 0.29) is 0 Å². The minimum absolute atomic E-state index is 0.453. The van der Waals surface area contributed by atoms with E-state index >= 15 is 0 Å². The van der Waals surface area contributed by atoms with Crippen molar-refractivity contribution in [3.8, 4) is 89.5 Å². The second kappa shape index (κ2) is 14.8. The number of fused-ring (bicyclic) bond motifs is 11. The van der Waals surface area contributed by atoms with E-state index in [4.69, 9.17) is 9.97 Å². The topological polar surface area (TPSA) is 25.8 Å². The fraction of sp³-hybridized carbons (Fsp3) is 0.0159. The molecule has 0 atom stereocenters. The zero-order chi connectivity index (χ0) is 42.9. The van der Waals surface area contributed by atoms with Crippen LogP contribution in [-0.4, -0.2) is 9.97 Å². The van der Waals surface area contributed by atoms with E-state index in [1.807, 2.05) is 24.3 Å². The number of nitrogens with zero attached hydrogens (tertiary/aromatic N) is 2. The van der Waals surface area contributed by atoms with Crippen LogP contribution in [0.4, 0.5) is 0 Å². The van der Waals surface area contributed by atoms with E-state index < -0.39 is 5.41 Å². The molecular weight excluding hydrogens is 785 g/mol. The third kappa shape index (κ3) is 5.81. The van der Waals surface area contributed by atoms with Gasteiger partial charge in [0.25, 0.3) is 0 Å². The van der Waals surface area contributed by atoms with E-state index in [0.29, 0.717) is 5.82 Å². The predicted molar refractivity (Wildman–Crippen MR) is 268 cm³/mol. The van der Waals surface area contributed by atoms with Gasteiger partial charge in [-0.25, -0.2) is 9.97 Å². The summed E-state index contributed by atoms with van der Waals surface area (Å²) in [5.41, 5.74) is 22.1. The van der Waals surface area contributed by atoms with Gasteiger partial charge in [0.1, 0.15) is 0 Å². The molecule has 0 saturated carbocycles. The molecule has 2 nitrogen and oxygen atoms in total. The van der Waals surface area contributed by atoms with Gasteiger partial charge in [-0.15, -0.1) is 0 Å². The Kier molecular flexibility index (Phi) is 8.47. The summed E-state index contributed by atoms with van der Waals surface area (Å²) in [5.74, 6) is 0.708. The second-order valence-corrected chi connectivity index (χ2v) is 17.2. The van der Waals surface area contributed by atoms with Crippen LogP contribution in [-0.2, 0) is 5.41 Å². The first-order chi connectivity index (χ1) is 32.2. The Hall–Kier alpha value is -8.46. The minimum Gasteiger partial charge on any atom is -0.228 e. The summed E-state index contributed by atoms with van der Waals surface area (Å²) in [4.78, 5) is 10.2. The Balaban J connectivity index is 1.02. The lowest BCUT2D eigenvalue weighted by Crippen LogP contribution is -2.25. The van der Waals surface area contributed by atoms with Crippen molar-refractivity contribution in [1.29, 1.82) is 0 Å². The molecule has 0 aliphatic heterocycles. The monoisotopic (exact) mass is 824 g/mol. The molecule has 10 aromatic carbocycles. The summed E-state index contributed by atoms with van der Waals surface area (Å²) in [7, 11) is 0. The Morgan fingerprint density at radius 2 is 0.708 bits per heavy atom. The lowest BCUT2D eigenvalue weighted by Gasteiger charge is -2.31. The SMILES string of the molecule is c1ccc(-c2cc(-c3cccc(-c4cccc(-c5cc6c(cc5-c5cccc7ccccc57)-c5ccccc5C65c6ccccc6-c6ccccc65)c4)c3)nc(-c3ccccc3)n2)cc1. The minimum atomic E-state index is -0.453. The first kappa shape index (κ1) is 37.1. The number of benzene rings is 10. The molecule has 13 rings (SSSR count). The van der Waals surface area contributed by atoms with Crippen LogP contribution in [0.3, 0.4) is 0 Å². The van der Waals surface area contributed by atoms with Gasteiger partial charge in [-0.1, -0.05) is 212 Å². The molecular formula is C63H40N2. The van der Waals surface area contributed by atoms with Gasteiger partial charge >= 0.3 is 0 Å². The Bertz CT molecular complexity index is 3550.